The van der Waals surface area contributed by atoms with Crippen LogP contribution in [-0.4, -0.2) is 31.1 Å². The number of nitrogens with zero attached hydrogens (tertiary/aromatic N) is 1. The van der Waals surface area contributed by atoms with Crippen LogP contribution in [0.4, 0.5) is 11.4 Å². The molecule has 1 saturated heterocycles. The molecule has 2 aromatic carbocycles. The number of hydrogen-bond acceptors (Lipinski definition) is 3. The summed E-state index contributed by atoms with van der Waals surface area (Å²) in [5.41, 5.74) is 1.95. The Bertz CT molecular complexity index is 786. The number of rotatable bonds is 4. The highest BCUT2D eigenvalue weighted by atomic mass is 35.5. The Labute approximate surface area is 157 Å². The van der Waals surface area contributed by atoms with E-state index in [4.69, 9.17) is 16.3 Å². The molecule has 2 aromatic rings. The molecule has 26 heavy (non-hydrogen) atoms. The maximum Gasteiger partial charge on any atom is 0.260 e. The molecule has 0 radical (unpaired) electrons. The predicted molar refractivity (Wildman–Crippen MR) is 103 cm³/mol. The van der Waals surface area contributed by atoms with Crippen LogP contribution in [0.2, 0.25) is 5.02 Å². The third-order valence-corrected chi connectivity index (χ3v) is 4.67. The highest BCUT2D eigenvalue weighted by Crippen LogP contribution is 2.28. The Kier molecular flexibility index (Phi) is 5.91. The van der Waals surface area contributed by atoms with Crippen molar-refractivity contribution < 1.29 is 14.3 Å². The molecule has 6 heteroatoms. The number of anilines is 2. The van der Waals surface area contributed by atoms with E-state index in [1.807, 2.05) is 12.1 Å². The summed E-state index contributed by atoms with van der Waals surface area (Å²) in [6.07, 6.45) is 1.53. The van der Waals surface area contributed by atoms with E-state index in [1.54, 1.807) is 41.3 Å². The van der Waals surface area contributed by atoms with Crippen LogP contribution >= 0.6 is 11.6 Å². The van der Waals surface area contributed by atoms with Gasteiger partial charge in [0, 0.05) is 37.6 Å². The number of hydrogen-bond donors (Lipinski definition) is 1. The third kappa shape index (κ3) is 4.23. The molecule has 0 saturated carbocycles. The number of nitrogens with one attached hydrogen (secondary N) is 1. The van der Waals surface area contributed by atoms with Crippen LogP contribution in [-0.2, 0) is 9.53 Å². The quantitative estimate of drug-likeness (QED) is 0.878. The molecule has 0 aliphatic carbocycles. The molecule has 136 valence electrons. The van der Waals surface area contributed by atoms with E-state index < -0.39 is 0 Å². The molecule has 5 nitrogen and oxygen atoms in total. The van der Waals surface area contributed by atoms with Gasteiger partial charge in [-0.3, -0.25) is 9.59 Å². The summed E-state index contributed by atoms with van der Waals surface area (Å²) in [5.74, 6) is -0.263. The molecule has 0 spiro atoms. The Hall–Kier alpha value is -2.37. The number of benzene rings is 2. The fourth-order valence-corrected chi connectivity index (χ4v) is 3.33. The smallest absolute Gasteiger partial charge is 0.260 e. The minimum atomic E-state index is -0.133. The summed E-state index contributed by atoms with van der Waals surface area (Å²) in [6.45, 7) is 2.71. The van der Waals surface area contributed by atoms with E-state index in [9.17, 15) is 9.59 Å². The number of amides is 2. The zero-order valence-electron chi connectivity index (χ0n) is 14.6. The molecule has 1 aliphatic rings. The van der Waals surface area contributed by atoms with Crippen LogP contribution in [0.15, 0.2) is 48.5 Å². The average Bonchev–Trinajstić information content (AvgIpc) is 2.64. The summed E-state index contributed by atoms with van der Waals surface area (Å²) < 4.78 is 5.45. The fraction of sp³-hybridized carbons (Fsp3) is 0.300. The molecule has 3 rings (SSSR count). The van der Waals surface area contributed by atoms with Crippen molar-refractivity contribution in [3.63, 3.8) is 0 Å². The molecular weight excluding hydrogens is 352 g/mol. The van der Waals surface area contributed by atoms with Crippen LogP contribution in [0, 0.1) is 0 Å². The lowest BCUT2D eigenvalue weighted by molar-refractivity contribution is -0.114. The van der Waals surface area contributed by atoms with Crippen molar-refractivity contribution in [3.05, 3.63) is 59.1 Å². The first-order chi connectivity index (χ1) is 12.6. The van der Waals surface area contributed by atoms with E-state index in [1.165, 1.54) is 6.92 Å². The molecule has 1 N–H and O–H groups in total. The lowest BCUT2D eigenvalue weighted by atomic mass is 10.0. The van der Waals surface area contributed by atoms with Crippen molar-refractivity contribution in [1.29, 1.82) is 0 Å². The van der Waals surface area contributed by atoms with Gasteiger partial charge < -0.3 is 15.0 Å². The number of halogens is 1. The van der Waals surface area contributed by atoms with Crippen LogP contribution in [0.1, 0.15) is 30.1 Å². The number of ether oxygens (including phenoxy) is 1. The normalized spacial score (nSPS) is 14.7. The van der Waals surface area contributed by atoms with Gasteiger partial charge in [-0.2, -0.15) is 0 Å². The van der Waals surface area contributed by atoms with Gasteiger partial charge in [0.25, 0.3) is 5.91 Å². The average molecular weight is 373 g/mol. The zero-order valence-corrected chi connectivity index (χ0v) is 15.3. The van der Waals surface area contributed by atoms with Gasteiger partial charge in [0.15, 0.2) is 0 Å². The summed E-state index contributed by atoms with van der Waals surface area (Å²) in [7, 11) is 0. The van der Waals surface area contributed by atoms with E-state index >= 15 is 0 Å². The minimum Gasteiger partial charge on any atom is -0.381 e. The summed E-state index contributed by atoms with van der Waals surface area (Å²) >= 11 is 6.25. The maximum absolute atomic E-state index is 13.3. The lowest BCUT2D eigenvalue weighted by Crippen LogP contribution is -2.43. The molecule has 0 bridgehead atoms. The van der Waals surface area contributed by atoms with E-state index in [0.717, 1.165) is 18.5 Å². The Morgan fingerprint density at radius 1 is 1.08 bits per heavy atom. The second kappa shape index (κ2) is 8.34. The number of carbonyl (C=O) groups is 2. The highest BCUT2D eigenvalue weighted by molar-refractivity contribution is 6.34. The first-order valence-corrected chi connectivity index (χ1v) is 8.97. The molecule has 1 aliphatic heterocycles. The molecule has 1 heterocycles. The molecule has 0 unspecified atom stereocenters. The van der Waals surface area contributed by atoms with Crippen molar-refractivity contribution >= 4 is 34.8 Å². The van der Waals surface area contributed by atoms with Crippen LogP contribution in [0.3, 0.4) is 0 Å². The van der Waals surface area contributed by atoms with Crippen LogP contribution in [0.5, 0.6) is 0 Å². The summed E-state index contributed by atoms with van der Waals surface area (Å²) in [4.78, 5) is 26.3. The summed E-state index contributed by atoms with van der Waals surface area (Å²) in [5, 5.41) is 3.17. The van der Waals surface area contributed by atoms with Crippen molar-refractivity contribution in [2.24, 2.45) is 0 Å². The van der Waals surface area contributed by atoms with Crippen molar-refractivity contribution in [1.82, 2.24) is 0 Å². The molecular formula is C20H21ClN2O3. The number of carbonyl (C=O) groups excluding carboxylic acids is 2. The zero-order chi connectivity index (χ0) is 18.5. The van der Waals surface area contributed by atoms with Gasteiger partial charge in [-0.25, -0.2) is 0 Å². The van der Waals surface area contributed by atoms with Crippen LogP contribution < -0.4 is 10.2 Å². The van der Waals surface area contributed by atoms with E-state index in [0.29, 0.717) is 29.5 Å². The Balaban J connectivity index is 1.94. The topological polar surface area (TPSA) is 58.6 Å². The van der Waals surface area contributed by atoms with Gasteiger partial charge in [0.2, 0.25) is 5.91 Å². The molecule has 1 fully saturated rings. The highest BCUT2D eigenvalue weighted by Gasteiger charge is 2.29. The SMILES string of the molecule is CC(=O)Nc1ccc(N(C(=O)c2ccccc2Cl)C2CCOCC2)cc1. The van der Waals surface area contributed by atoms with Crippen molar-refractivity contribution in [2.45, 2.75) is 25.8 Å². The second-order valence-electron chi connectivity index (χ2n) is 6.23. The molecule has 2 amide bonds. The fourth-order valence-electron chi connectivity index (χ4n) is 3.11. The first-order valence-electron chi connectivity index (χ1n) is 8.60. The predicted octanol–water partition coefficient (Wildman–Crippen LogP) is 4.12. The summed E-state index contributed by atoms with van der Waals surface area (Å²) in [6, 6.07) is 14.4. The molecule has 0 aromatic heterocycles. The van der Waals surface area contributed by atoms with Gasteiger partial charge in [0.05, 0.1) is 10.6 Å². The second-order valence-corrected chi connectivity index (χ2v) is 6.63. The first kappa shape index (κ1) is 18.4. The van der Waals surface area contributed by atoms with Gasteiger partial charge in [-0.05, 0) is 49.2 Å². The third-order valence-electron chi connectivity index (χ3n) is 4.34. The largest absolute Gasteiger partial charge is 0.381 e. The lowest BCUT2D eigenvalue weighted by Gasteiger charge is -2.34. The minimum absolute atomic E-state index is 0.0409. The van der Waals surface area contributed by atoms with E-state index in [2.05, 4.69) is 5.32 Å². The van der Waals surface area contributed by atoms with Crippen LogP contribution in [0.25, 0.3) is 0 Å². The molecule has 0 atom stereocenters. The Morgan fingerprint density at radius 2 is 1.73 bits per heavy atom. The standard InChI is InChI=1S/C20H21ClN2O3/c1-14(24)22-15-6-8-16(9-7-15)23(17-10-12-26-13-11-17)20(25)18-4-2-3-5-19(18)21/h2-9,17H,10-13H2,1H3,(H,22,24). The van der Waals surface area contributed by atoms with Crippen molar-refractivity contribution in [2.75, 3.05) is 23.4 Å². The Morgan fingerprint density at radius 3 is 2.35 bits per heavy atom. The van der Waals surface area contributed by atoms with Gasteiger partial charge in [-0.15, -0.1) is 0 Å². The van der Waals surface area contributed by atoms with Gasteiger partial charge in [-0.1, -0.05) is 23.7 Å². The van der Waals surface area contributed by atoms with Gasteiger partial charge >= 0.3 is 0 Å². The maximum atomic E-state index is 13.3. The van der Waals surface area contributed by atoms with Crippen molar-refractivity contribution in [3.8, 4) is 0 Å². The van der Waals surface area contributed by atoms with Gasteiger partial charge in [0.1, 0.15) is 0 Å². The monoisotopic (exact) mass is 372 g/mol. The van der Waals surface area contributed by atoms with E-state index in [-0.39, 0.29) is 17.9 Å².